The van der Waals surface area contributed by atoms with Crippen LogP contribution < -0.4 is 4.74 Å². The van der Waals surface area contributed by atoms with Crippen molar-refractivity contribution in [1.82, 2.24) is 0 Å². The summed E-state index contributed by atoms with van der Waals surface area (Å²) in [5.41, 5.74) is 0.153. The van der Waals surface area contributed by atoms with Gasteiger partial charge in [-0.25, -0.2) is 4.79 Å². The highest BCUT2D eigenvalue weighted by Gasteiger charge is 2.10. The van der Waals surface area contributed by atoms with Crippen molar-refractivity contribution in [2.24, 2.45) is 0 Å². The van der Waals surface area contributed by atoms with Crippen LogP contribution in [0, 0.1) is 0 Å². The molecule has 1 rings (SSSR count). The Morgan fingerprint density at radius 3 is 2.80 bits per heavy atom. The quantitative estimate of drug-likeness (QED) is 0.781. The molecule has 1 N–H and O–H groups in total. The van der Waals surface area contributed by atoms with Crippen LogP contribution in [-0.2, 0) is 0 Å². The molecule has 4 heteroatoms. The minimum atomic E-state index is -0.998. The maximum Gasteiger partial charge on any atom is 0.339 e. The van der Waals surface area contributed by atoms with E-state index in [4.69, 9.17) is 9.84 Å². The molecule has 80 valence electrons. The van der Waals surface area contributed by atoms with Crippen molar-refractivity contribution in [3.63, 3.8) is 0 Å². The summed E-state index contributed by atoms with van der Waals surface area (Å²) in [6.07, 6.45) is 1.93. The molecule has 0 unspecified atom stereocenters. The molecule has 0 amide bonds. The van der Waals surface area contributed by atoms with Gasteiger partial charge in [-0.3, -0.25) is 0 Å². The van der Waals surface area contributed by atoms with Gasteiger partial charge in [0, 0.05) is 0 Å². The molecule has 0 saturated heterocycles. The number of carbonyl (C=O) groups is 1. The Morgan fingerprint density at radius 2 is 2.20 bits per heavy atom. The first-order valence-corrected chi connectivity index (χ1v) is 5.71. The van der Waals surface area contributed by atoms with Gasteiger partial charge in [-0.15, -0.1) is 0 Å². The summed E-state index contributed by atoms with van der Waals surface area (Å²) >= 11 is 1.57. The first-order valence-electron chi connectivity index (χ1n) is 4.32. The van der Waals surface area contributed by atoms with Gasteiger partial charge < -0.3 is 9.84 Å². The third-order valence-corrected chi connectivity index (χ3v) is 2.29. The number of hydrogen-bond donors (Lipinski definition) is 1. The summed E-state index contributed by atoms with van der Waals surface area (Å²) in [5.74, 6) is 0.538. The molecule has 3 nitrogen and oxygen atoms in total. The number of aromatic carboxylic acids is 1. The van der Waals surface area contributed by atoms with E-state index in [1.807, 2.05) is 6.26 Å². The van der Waals surface area contributed by atoms with Crippen molar-refractivity contribution < 1.29 is 14.6 Å². The van der Waals surface area contributed by atoms with Crippen molar-refractivity contribution in [3.8, 4) is 5.75 Å². The largest absolute Gasteiger partial charge is 0.478 e. The minimum Gasteiger partial charge on any atom is -0.478 e. The Kier molecular flexibility index (Phi) is 4.24. The van der Waals surface area contributed by atoms with Gasteiger partial charge in [0.15, 0.2) is 0 Å². The molecular weight excluding hydrogens is 212 g/mol. The summed E-state index contributed by atoms with van der Waals surface area (Å²) in [7, 11) is 0. The van der Waals surface area contributed by atoms with Crippen molar-refractivity contribution in [3.05, 3.63) is 42.2 Å². The van der Waals surface area contributed by atoms with Crippen LogP contribution >= 0.6 is 11.8 Å². The van der Waals surface area contributed by atoms with E-state index in [9.17, 15) is 4.79 Å². The van der Waals surface area contributed by atoms with Crippen LogP contribution in [0.3, 0.4) is 0 Å². The normalized spacial score (nSPS) is 9.67. The first-order chi connectivity index (χ1) is 7.15. The molecular formula is C11H12O3S. The van der Waals surface area contributed by atoms with E-state index in [2.05, 4.69) is 6.58 Å². The Hall–Kier alpha value is -1.42. The van der Waals surface area contributed by atoms with Crippen molar-refractivity contribution >= 4 is 17.7 Å². The standard InChI is InChI=1S/C11H12O3S/c1-8(7-15-2)14-10-6-4-3-5-9(10)11(12)13/h3-6H,1,7H2,2H3,(H,12,13). The predicted octanol–water partition coefficient (Wildman–Crippen LogP) is 2.64. The van der Waals surface area contributed by atoms with Crippen molar-refractivity contribution in [2.75, 3.05) is 12.0 Å². The van der Waals surface area contributed by atoms with Crippen LogP contribution in [0.2, 0.25) is 0 Å². The van der Waals surface area contributed by atoms with Gasteiger partial charge in [0.1, 0.15) is 17.1 Å². The molecule has 0 saturated carbocycles. The third-order valence-electron chi connectivity index (χ3n) is 1.68. The van der Waals surface area contributed by atoms with Crippen LogP contribution in [0.1, 0.15) is 10.4 Å². The van der Waals surface area contributed by atoms with Crippen LogP contribution in [0.4, 0.5) is 0 Å². The Morgan fingerprint density at radius 1 is 1.53 bits per heavy atom. The third kappa shape index (κ3) is 3.32. The molecule has 0 radical (unpaired) electrons. The van der Waals surface area contributed by atoms with Crippen LogP contribution in [-0.4, -0.2) is 23.1 Å². The molecule has 0 heterocycles. The van der Waals surface area contributed by atoms with E-state index in [1.165, 1.54) is 6.07 Å². The fourth-order valence-electron chi connectivity index (χ4n) is 1.08. The van der Waals surface area contributed by atoms with Crippen LogP contribution in [0.5, 0.6) is 5.75 Å². The summed E-state index contributed by atoms with van der Waals surface area (Å²) < 4.78 is 5.35. The Bertz CT molecular complexity index is 374. The van der Waals surface area contributed by atoms with Gasteiger partial charge in [-0.05, 0) is 18.4 Å². The maximum atomic E-state index is 10.8. The van der Waals surface area contributed by atoms with Crippen LogP contribution in [0.25, 0.3) is 0 Å². The van der Waals surface area contributed by atoms with E-state index >= 15 is 0 Å². The number of ether oxygens (including phenoxy) is 1. The molecule has 0 aliphatic carbocycles. The van der Waals surface area contributed by atoms with Crippen molar-refractivity contribution in [2.45, 2.75) is 0 Å². The zero-order chi connectivity index (χ0) is 11.3. The molecule has 0 aliphatic heterocycles. The Balaban J connectivity index is 2.84. The summed E-state index contributed by atoms with van der Waals surface area (Å²) in [6.45, 7) is 3.70. The van der Waals surface area contributed by atoms with Gasteiger partial charge in [0.2, 0.25) is 0 Å². The van der Waals surface area contributed by atoms with E-state index in [0.717, 1.165) is 0 Å². The molecule has 0 spiro atoms. The van der Waals surface area contributed by atoms with Gasteiger partial charge in [0.05, 0.1) is 5.75 Å². The number of carboxylic acid groups (broad SMARTS) is 1. The lowest BCUT2D eigenvalue weighted by molar-refractivity contribution is 0.0694. The second-order valence-corrected chi connectivity index (χ2v) is 3.74. The molecule has 1 aromatic carbocycles. The smallest absolute Gasteiger partial charge is 0.339 e. The zero-order valence-corrected chi connectivity index (χ0v) is 9.21. The maximum absolute atomic E-state index is 10.8. The highest BCUT2D eigenvalue weighted by molar-refractivity contribution is 7.98. The SMILES string of the molecule is C=C(CSC)Oc1ccccc1C(=O)O. The minimum absolute atomic E-state index is 0.153. The lowest BCUT2D eigenvalue weighted by Gasteiger charge is -2.09. The zero-order valence-electron chi connectivity index (χ0n) is 8.40. The second kappa shape index (κ2) is 5.46. The molecule has 0 bridgehead atoms. The van der Waals surface area contributed by atoms with E-state index in [0.29, 0.717) is 17.3 Å². The van der Waals surface area contributed by atoms with Gasteiger partial charge >= 0.3 is 5.97 Å². The molecule has 15 heavy (non-hydrogen) atoms. The summed E-state index contributed by atoms with van der Waals surface area (Å²) in [6, 6.07) is 6.51. The average molecular weight is 224 g/mol. The van der Waals surface area contributed by atoms with Crippen molar-refractivity contribution in [1.29, 1.82) is 0 Å². The van der Waals surface area contributed by atoms with E-state index < -0.39 is 5.97 Å². The molecule has 1 aromatic rings. The molecule has 0 atom stereocenters. The fraction of sp³-hybridized carbons (Fsp3) is 0.182. The number of benzene rings is 1. The van der Waals surface area contributed by atoms with Gasteiger partial charge in [-0.2, -0.15) is 11.8 Å². The number of hydrogen-bond acceptors (Lipinski definition) is 3. The molecule has 0 aromatic heterocycles. The Labute approximate surface area is 92.8 Å². The predicted molar refractivity (Wildman–Crippen MR) is 61.6 cm³/mol. The summed E-state index contributed by atoms with van der Waals surface area (Å²) in [4.78, 5) is 10.8. The highest BCUT2D eigenvalue weighted by Crippen LogP contribution is 2.20. The number of carboxylic acids is 1. The number of para-hydroxylation sites is 1. The second-order valence-electron chi connectivity index (χ2n) is 2.88. The molecule has 0 aliphatic rings. The monoisotopic (exact) mass is 224 g/mol. The van der Waals surface area contributed by atoms with Gasteiger partial charge in [-0.1, -0.05) is 18.7 Å². The van der Waals surface area contributed by atoms with E-state index in [1.54, 1.807) is 30.0 Å². The fourth-order valence-corrected chi connectivity index (χ4v) is 1.46. The molecule has 0 fully saturated rings. The highest BCUT2D eigenvalue weighted by atomic mass is 32.2. The number of thioether (sulfide) groups is 1. The lowest BCUT2D eigenvalue weighted by Crippen LogP contribution is -2.03. The van der Waals surface area contributed by atoms with Crippen LogP contribution in [0.15, 0.2) is 36.6 Å². The van der Waals surface area contributed by atoms with E-state index in [-0.39, 0.29) is 5.56 Å². The lowest BCUT2D eigenvalue weighted by atomic mass is 10.2. The van der Waals surface area contributed by atoms with Gasteiger partial charge in [0.25, 0.3) is 0 Å². The average Bonchev–Trinajstić information content (AvgIpc) is 2.18. The number of rotatable bonds is 5. The first kappa shape index (κ1) is 11.7. The summed E-state index contributed by atoms with van der Waals surface area (Å²) in [5, 5.41) is 8.89. The topological polar surface area (TPSA) is 46.5 Å².